The summed E-state index contributed by atoms with van der Waals surface area (Å²) < 4.78 is 15.8. The first-order valence-electron chi connectivity index (χ1n) is 17.1. The molecule has 0 aliphatic rings. The number of carbonyl (C=O) groups is 3. The molecule has 6 rings (SSSR count). The lowest BCUT2D eigenvalue weighted by atomic mass is 10.1. The van der Waals surface area contributed by atoms with E-state index in [0.29, 0.717) is 34.6 Å². The normalized spacial score (nSPS) is 10.2. The van der Waals surface area contributed by atoms with Crippen LogP contribution in [0.2, 0.25) is 0 Å². The van der Waals surface area contributed by atoms with Gasteiger partial charge in [0.1, 0.15) is 24.5 Å². The highest BCUT2D eigenvalue weighted by molar-refractivity contribution is 5.99. The summed E-state index contributed by atoms with van der Waals surface area (Å²) in [4.78, 5) is 50.4. The second kappa shape index (κ2) is 19.5. The van der Waals surface area contributed by atoms with Gasteiger partial charge in [-0.15, -0.1) is 0 Å². The quantitative estimate of drug-likeness (QED) is 0.0696. The monoisotopic (exact) mass is 762 g/mol. The van der Waals surface area contributed by atoms with Gasteiger partial charge in [0, 0.05) is 16.7 Å². The molecule has 0 unspecified atom stereocenters. The Hall–Kier alpha value is -8.79. The van der Waals surface area contributed by atoms with Crippen molar-refractivity contribution in [3.63, 3.8) is 0 Å². The number of nitrogens with zero attached hydrogens (tertiary/aromatic N) is 6. The maximum atomic E-state index is 13.0. The molecule has 0 saturated carbocycles. The molecule has 0 spiro atoms. The molecule has 0 aliphatic carbocycles. The molecule has 3 heterocycles. The zero-order valence-electron chi connectivity index (χ0n) is 30.8. The molecular weight excluding hydrogens is 733 g/mol. The van der Waals surface area contributed by atoms with Gasteiger partial charge in [-0.25, -0.2) is 9.59 Å². The van der Waals surface area contributed by atoms with Gasteiger partial charge in [0.25, 0.3) is 0 Å². The summed E-state index contributed by atoms with van der Waals surface area (Å²) in [5.74, 6) is -1.61. The average molecular weight is 763 g/mol. The Balaban J connectivity index is 0.000000332. The van der Waals surface area contributed by atoms with Gasteiger partial charge < -0.3 is 14.2 Å². The second-order valence-corrected chi connectivity index (χ2v) is 11.8. The number of hydrogen-bond donors (Lipinski definition) is 0. The molecule has 0 fully saturated rings. The number of aldehydes is 1. The van der Waals surface area contributed by atoms with Crippen molar-refractivity contribution in [3.8, 4) is 58.0 Å². The molecule has 3 aromatic carbocycles. The molecule has 58 heavy (non-hydrogen) atoms. The first-order chi connectivity index (χ1) is 28.2. The van der Waals surface area contributed by atoms with Crippen molar-refractivity contribution in [2.75, 3.05) is 7.11 Å². The van der Waals surface area contributed by atoms with Crippen molar-refractivity contribution in [2.24, 2.45) is 0 Å². The van der Waals surface area contributed by atoms with Gasteiger partial charge in [-0.05, 0) is 42.0 Å². The SMILES string of the molecule is C=C/C=C(\C=C)c1cc(C#N)c(OC(=O)c2cc(C=O)cc(C(=O)Oc3cnc(-c4ccccc4)cc3C#N)c2)cn1.COc1cnc(-c2ccccc2)cc1C#N. The van der Waals surface area contributed by atoms with E-state index in [2.05, 4.69) is 34.2 Å². The van der Waals surface area contributed by atoms with Gasteiger partial charge >= 0.3 is 11.9 Å². The predicted octanol–water partition coefficient (Wildman–Crippen LogP) is 8.52. The number of rotatable bonds is 11. The number of aromatic nitrogens is 3. The molecule has 0 aliphatic heterocycles. The average Bonchev–Trinajstić information content (AvgIpc) is 3.28. The third-order valence-corrected chi connectivity index (χ3v) is 8.10. The Morgan fingerprint density at radius 1 is 0.638 bits per heavy atom. The molecule has 12 nitrogen and oxygen atoms in total. The van der Waals surface area contributed by atoms with E-state index in [9.17, 15) is 24.9 Å². The minimum atomic E-state index is -0.948. The van der Waals surface area contributed by atoms with Gasteiger partial charge in [-0.1, -0.05) is 92.0 Å². The zero-order valence-corrected chi connectivity index (χ0v) is 30.8. The highest BCUT2D eigenvalue weighted by atomic mass is 16.5. The summed E-state index contributed by atoms with van der Waals surface area (Å²) in [6.45, 7) is 7.33. The molecule has 0 bridgehead atoms. The summed E-state index contributed by atoms with van der Waals surface area (Å²) in [5, 5.41) is 28.2. The van der Waals surface area contributed by atoms with E-state index in [1.807, 2.05) is 72.8 Å². The Morgan fingerprint density at radius 2 is 1.10 bits per heavy atom. The van der Waals surface area contributed by atoms with Crippen molar-refractivity contribution < 1.29 is 28.6 Å². The summed E-state index contributed by atoms with van der Waals surface area (Å²) in [6.07, 6.45) is 9.21. The van der Waals surface area contributed by atoms with Crippen molar-refractivity contribution in [3.05, 3.63) is 186 Å². The third kappa shape index (κ3) is 9.84. The van der Waals surface area contributed by atoms with Crippen LogP contribution in [0.4, 0.5) is 0 Å². The molecule has 0 N–H and O–H groups in total. The van der Waals surface area contributed by atoms with E-state index in [1.165, 1.54) is 55.9 Å². The van der Waals surface area contributed by atoms with Crippen LogP contribution in [0.5, 0.6) is 17.2 Å². The minimum absolute atomic E-state index is 0.00590. The smallest absolute Gasteiger partial charge is 0.343 e. The van der Waals surface area contributed by atoms with Gasteiger partial charge in [-0.3, -0.25) is 19.7 Å². The van der Waals surface area contributed by atoms with Gasteiger partial charge in [-0.2, -0.15) is 15.8 Å². The summed E-state index contributed by atoms with van der Waals surface area (Å²) in [7, 11) is 1.53. The van der Waals surface area contributed by atoms with Crippen LogP contribution < -0.4 is 14.2 Å². The fourth-order valence-corrected chi connectivity index (χ4v) is 5.27. The topological polar surface area (TPSA) is 189 Å². The Morgan fingerprint density at radius 3 is 1.55 bits per heavy atom. The predicted molar refractivity (Wildman–Crippen MR) is 214 cm³/mol. The molecule has 12 heteroatoms. The number of benzene rings is 3. The largest absolute Gasteiger partial charge is 0.494 e. The number of ether oxygens (including phenoxy) is 3. The molecule has 0 radical (unpaired) electrons. The van der Waals surface area contributed by atoms with Gasteiger partial charge in [0.2, 0.25) is 0 Å². The highest BCUT2D eigenvalue weighted by Crippen LogP contribution is 2.27. The number of pyridine rings is 3. The van der Waals surface area contributed by atoms with Crippen molar-refractivity contribution in [1.29, 1.82) is 15.8 Å². The van der Waals surface area contributed by atoms with E-state index in [-0.39, 0.29) is 39.3 Å². The Kier molecular flexibility index (Phi) is 13.6. The van der Waals surface area contributed by atoms with Crippen LogP contribution in [-0.4, -0.2) is 40.3 Å². The van der Waals surface area contributed by atoms with Crippen LogP contribution in [0.1, 0.15) is 53.5 Å². The standard InChI is InChI=1S/C33H20N4O5.C13H10N2O/c1-3-8-22(4-2)28-14-26(16-34)30(18-36-28)41-32(39)24-11-21(20-38)12-25(13-24)33(40)42-31-19-37-29(15-27(31)17-35)23-9-6-5-7-10-23;1-16-13-9-15-12(7-11(13)8-14)10-5-3-2-4-6-10/h3-15,18-20H,1-2H2;2-7,9H,1H3/b22-8+;. The molecule has 3 aromatic heterocycles. The van der Waals surface area contributed by atoms with Crippen LogP contribution in [0.25, 0.3) is 28.1 Å². The number of hydrogen-bond acceptors (Lipinski definition) is 12. The lowest BCUT2D eigenvalue weighted by molar-refractivity contribution is 0.0733. The zero-order chi connectivity index (χ0) is 41.4. The van der Waals surface area contributed by atoms with Crippen LogP contribution in [0, 0.1) is 34.0 Å². The molecule has 6 aromatic rings. The fraction of sp³-hybridized carbons (Fsp3) is 0.0217. The van der Waals surface area contributed by atoms with E-state index < -0.39 is 11.9 Å². The number of carbonyl (C=O) groups excluding carboxylic acids is 3. The first-order valence-corrected chi connectivity index (χ1v) is 17.1. The summed E-state index contributed by atoms with van der Waals surface area (Å²) in [5.41, 5.74) is 4.33. The third-order valence-electron chi connectivity index (χ3n) is 8.10. The molecule has 0 atom stereocenters. The summed E-state index contributed by atoms with van der Waals surface area (Å²) >= 11 is 0. The second-order valence-electron chi connectivity index (χ2n) is 11.8. The Labute approximate surface area is 333 Å². The van der Waals surface area contributed by atoms with E-state index >= 15 is 0 Å². The van der Waals surface area contributed by atoms with Gasteiger partial charge in [0.05, 0.1) is 70.6 Å². The number of methoxy groups -OCH3 is 1. The van der Waals surface area contributed by atoms with E-state index in [4.69, 9.17) is 19.5 Å². The van der Waals surface area contributed by atoms with Crippen LogP contribution in [-0.2, 0) is 0 Å². The summed E-state index contributed by atoms with van der Waals surface area (Å²) in [6, 6.07) is 33.2. The first kappa shape index (κ1) is 40.4. The molecule has 0 saturated heterocycles. The fourth-order valence-electron chi connectivity index (χ4n) is 5.27. The number of allylic oxidation sites excluding steroid dienone is 4. The maximum Gasteiger partial charge on any atom is 0.343 e. The van der Waals surface area contributed by atoms with Crippen molar-refractivity contribution in [2.45, 2.75) is 0 Å². The van der Waals surface area contributed by atoms with Crippen molar-refractivity contribution >= 4 is 23.8 Å². The van der Waals surface area contributed by atoms with E-state index in [0.717, 1.165) is 16.8 Å². The maximum absolute atomic E-state index is 13.0. The van der Waals surface area contributed by atoms with Crippen LogP contribution >= 0.6 is 0 Å². The number of nitriles is 3. The molecular formula is C46H30N6O6. The lowest BCUT2D eigenvalue weighted by Gasteiger charge is -2.10. The Bertz CT molecular complexity index is 2690. The van der Waals surface area contributed by atoms with Crippen LogP contribution in [0.3, 0.4) is 0 Å². The molecule has 0 amide bonds. The van der Waals surface area contributed by atoms with Crippen molar-refractivity contribution in [1.82, 2.24) is 15.0 Å². The van der Waals surface area contributed by atoms with E-state index in [1.54, 1.807) is 24.4 Å². The lowest BCUT2D eigenvalue weighted by Crippen LogP contribution is -2.15. The number of esters is 2. The van der Waals surface area contributed by atoms with Crippen LogP contribution in [0.15, 0.2) is 147 Å². The van der Waals surface area contributed by atoms with Gasteiger partial charge in [0.15, 0.2) is 17.2 Å². The molecule has 280 valence electrons. The minimum Gasteiger partial charge on any atom is -0.494 e. The highest BCUT2D eigenvalue weighted by Gasteiger charge is 2.20.